The molecular weight excluding hydrogens is 326 g/mol. The van der Waals surface area contributed by atoms with E-state index in [2.05, 4.69) is 12.2 Å². The molecule has 2 amide bonds. The number of para-hydroxylation sites is 1. The lowest BCUT2D eigenvalue weighted by molar-refractivity contribution is 0.205. The summed E-state index contributed by atoms with van der Waals surface area (Å²) in [6.07, 6.45) is 1.83. The Kier molecular flexibility index (Phi) is 6.15. The number of rotatable bonds is 6. The average Bonchev–Trinajstić information content (AvgIpc) is 2.89. The first-order valence-electron chi connectivity index (χ1n) is 7.85. The number of aromatic nitrogens is 1. The molecule has 0 saturated carbocycles. The molecule has 1 N–H and O–H groups in total. The fourth-order valence-corrected chi connectivity index (χ4v) is 2.87. The van der Waals surface area contributed by atoms with Crippen molar-refractivity contribution in [2.45, 2.75) is 19.4 Å². The van der Waals surface area contributed by atoms with Gasteiger partial charge in [-0.05, 0) is 17.7 Å². The molecule has 0 aliphatic carbocycles. The smallest absolute Gasteiger partial charge is 0.317 e. The maximum absolute atomic E-state index is 12.3. The second-order valence-corrected chi connectivity index (χ2v) is 6.38. The maximum Gasteiger partial charge on any atom is 0.317 e. The first kappa shape index (κ1) is 18.2. The number of benzene rings is 1. The van der Waals surface area contributed by atoms with Gasteiger partial charge in [-0.15, -0.1) is 0 Å². The van der Waals surface area contributed by atoms with Crippen molar-refractivity contribution in [2.24, 2.45) is 7.05 Å². The number of urea groups is 1. The van der Waals surface area contributed by atoms with Crippen LogP contribution in [0.15, 0.2) is 36.5 Å². The molecule has 1 atom stereocenters. The number of carbonyl (C=O) groups is 1. The molecule has 1 aromatic heterocycles. The van der Waals surface area contributed by atoms with Crippen molar-refractivity contribution in [1.82, 2.24) is 14.8 Å². The Morgan fingerprint density at radius 2 is 2.12 bits per heavy atom. The third-order valence-corrected chi connectivity index (χ3v) is 4.26. The molecule has 1 heterocycles. The van der Waals surface area contributed by atoms with E-state index in [0.717, 1.165) is 17.0 Å². The third-order valence-electron chi connectivity index (χ3n) is 4.05. The van der Waals surface area contributed by atoms with E-state index in [1.165, 1.54) is 0 Å². The summed E-state index contributed by atoms with van der Waals surface area (Å²) in [5, 5.41) is 3.64. The Morgan fingerprint density at radius 3 is 2.75 bits per heavy atom. The van der Waals surface area contributed by atoms with E-state index < -0.39 is 0 Å². The van der Waals surface area contributed by atoms with Crippen LogP contribution < -0.4 is 10.1 Å². The highest BCUT2D eigenvalue weighted by molar-refractivity contribution is 6.30. The van der Waals surface area contributed by atoms with Crippen LogP contribution in [0, 0.1) is 0 Å². The van der Waals surface area contributed by atoms with E-state index in [4.69, 9.17) is 16.3 Å². The summed E-state index contributed by atoms with van der Waals surface area (Å²) in [6, 6.07) is 9.61. The van der Waals surface area contributed by atoms with Gasteiger partial charge in [0, 0.05) is 38.4 Å². The van der Waals surface area contributed by atoms with Gasteiger partial charge in [0.2, 0.25) is 0 Å². The van der Waals surface area contributed by atoms with Gasteiger partial charge in [-0.25, -0.2) is 4.79 Å². The quantitative estimate of drug-likeness (QED) is 0.865. The van der Waals surface area contributed by atoms with Crippen LogP contribution in [0.5, 0.6) is 5.75 Å². The highest BCUT2D eigenvalue weighted by Gasteiger charge is 2.15. The predicted octanol–water partition coefficient (Wildman–Crippen LogP) is 3.63. The van der Waals surface area contributed by atoms with Crippen molar-refractivity contribution < 1.29 is 9.53 Å². The molecule has 0 saturated heterocycles. The normalized spacial score (nSPS) is 11.9. The lowest BCUT2D eigenvalue weighted by Gasteiger charge is -2.21. The van der Waals surface area contributed by atoms with Crippen molar-refractivity contribution >= 4 is 17.6 Å². The highest BCUT2D eigenvalue weighted by atomic mass is 35.5. The Hall–Kier alpha value is -2.14. The molecular formula is C18H24ClN3O2. The zero-order valence-electron chi connectivity index (χ0n) is 14.5. The molecule has 0 aliphatic rings. The lowest BCUT2D eigenvalue weighted by Crippen LogP contribution is -2.38. The number of methoxy groups -OCH3 is 1. The predicted molar refractivity (Wildman–Crippen MR) is 96.7 cm³/mol. The van der Waals surface area contributed by atoms with Crippen molar-refractivity contribution in [3.8, 4) is 5.75 Å². The van der Waals surface area contributed by atoms with Gasteiger partial charge in [-0.2, -0.15) is 0 Å². The summed E-state index contributed by atoms with van der Waals surface area (Å²) in [5.41, 5.74) is 2.06. The largest absolute Gasteiger partial charge is 0.496 e. The molecule has 1 aromatic carbocycles. The maximum atomic E-state index is 12.3. The van der Waals surface area contributed by atoms with Crippen LogP contribution in [0.1, 0.15) is 24.1 Å². The van der Waals surface area contributed by atoms with Crippen molar-refractivity contribution in [2.75, 3.05) is 20.7 Å². The van der Waals surface area contributed by atoms with Crippen molar-refractivity contribution in [3.63, 3.8) is 0 Å². The van der Waals surface area contributed by atoms with Crippen LogP contribution >= 0.6 is 11.6 Å². The average molecular weight is 350 g/mol. The molecule has 0 bridgehead atoms. The lowest BCUT2D eigenvalue weighted by atomic mass is 10.0. The zero-order chi connectivity index (χ0) is 17.7. The molecule has 24 heavy (non-hydrogen) atoms. The number of carbonyl (C=O) groups excluding carboxylic acids is 1. The van der Waals surface area contributed by atoms with Crippen LogP contribution in [0.3, 0.4) is 0 Å². The minimum absolute atomic E-state index is 0.117. The van der Waals surface area contributed by atoms with Crippen LogP contribution in [-0.4, -0.2) is 36.2 Å². The fourth-order valence-electron chi connectivity index (χ4n) is 2.60. The van der Waals surface area contributed by atoms with Crippen molar-refractivity contribution in [3.05, 3.63) is 52.8 Å². The number of nitrogens with one attached hydrogen (secondary N) is 1. The van der Waals surface area contributed by atoms with Gasteiger partial charge >= 0.3 is 6.03 Å². The summed E-state index contributed by atoms with van der Waals surface area (Å²) >= 11 is 5.98. The van der Waals surface area contributed by atoms with Crippen molar-refractivity contribution in [1.29, 1.82) is 0 Å². The standard InChI is InChI=1S/C18H24ClN3O2/c1-13(16-7-5-6-8-17(16)24-4)10-20-18(23)22(3)12-15-9-14(19)11-21(15)2/h5-9,11,13H,10,12H2,1-4H3,(H,20,23). The summed E-state index contributed by atoms with van der Waals surface area (Å²) < 4.78 is 7.30. The molecule has 6 heteroatoms. The molecule has 130 valence electrons. The minimum atomic E-state index is -0.117. The third kappa shape index (κ3) is 4.45. The van der Waals surface area contributed by atoms with Gasteiger partial charge in [0.05, 0.1) is 18.7 Å². The number of hydrogen-bond donors (Lipinski definition) is 1. The molecule has 2 aromatic rings. The number of amides is 2. The van der Waals surface area contributed by atoms with Gasteiger partial charge in [-0.3, -0.25) is 0 Å². The SMILES string of the molecule is COc1ccccc1C(C)CNC(=O)N(C)Cc1cc(Cl)cn1C. The highest BCUT2D eigenvalue weighted by Crippen LogP contribution is 2.25. The molecule has 2 rings (SSSR count). The Bertz CT molecular complexity index is 699. The van der Waals surface area contributed by atoms with E-state index in [-0.39, 0.29) is 11.9 Å². The summed E-state index contributed by atoms with van der Waals surface area (Å²) in [7, 11) is 5.34. The molecule has 5 nitrogen and oxygen atoms in total. The summed E-state index contributed by atoms with van der Waals surface area (Å²) in [5.74, 6) is 0.994. The second-order valence-electron chi connectivity index (χ2n) is 5.95. The van der Waals surface area contributed by atoms with Crippen LogP contribution in [0.2, 0.25) is 5.02 Å². The number of ether oxygens (including phenoxy) is 1. The number of halogens is 1. The van der Waals surface area contributed by atoms with Gasteiger partial charge < -0.3 is 19.5 Å². The number of nitrogens with zero attached hydrogens (tertiary/aromatic N) is 2. The fraction of sp³-hybridized carbons (Fsp3) is 0.389. The van der Waals surface area contributed by atoms with Crippen LogP contribution in [0.25, 0.3) is 0 Å². The van der Waals surface area contributed by atoms with E-state index >= 15 is 0 Å². The Labute approximate surface area is 148 Å². The molecule has 1 unspecified atom stereocenters. The van der Waals surface area contributed by atoms with Gasteiger partial charge in [0.15, 0.2) is 0 Å². The van der Waals surface area contributed by atoms with Gasteiger partial charge in [-0.1, -0.05) is 36.7 Å². The molecule has 0 fully saturated rings. The van der Waals surface area contributed by atoms with E-state index in [1.807, 2.05) is 48.1 Å². The van der Waals surface area contributed by atoms with Gasteiger partial charge in [0.1, 0.15) is 5.75 Å². The minimum Gasteiger partial charge on any atom is -0.496 e. The Balaban J connectivity index is 1.91. The molecule has 0 aliphatic heterocycles. The monoisotopic (exact) mass is 349 g/mol. The first-order chi connectivity index (χ1) is 11.4. The van der Waals surface area contributed by atoms with E-state index in [0.29, 0.717) is 18.1 Å². The van der Waals surface area contributed by atoms with E-state index in [9.17, 15) is 4.79 Å². The topological polar surface area (TPSA) is 46.5 Å². The summed E-state index contributed by atoms with van der Waals surface area (Å²) in [6.45, 7) is 3.10. The number of hydrogen-bond acceptors (Lipinski definition) is 2. The Morgan fingerprint density at radius 1 is 1.42 bits per heavy atom. The zero-order valence-corrected chi connectivity index (χ0v) is 15.3. The van der Waals surface area contributed by atoms with Crippen LogP contribution in [0.4, 0.5) is 4.79 Å². The van der Waals surface area contributed by atoms with Crippen LogP contribution in [-0.2, 0) is 13.6 Å². The van der Waals surface area contributed by atoms with Gasteiger partial charge in [0.25, 0.3) is 0 Å². The number of aryl methyl sites for hydroxylation is 1. The molecule has 0 radical (unpaired) electrons. The first-order valence-corrected chi connectivity index (χ1v) is 8.22. The second kappa shape index (κ2) is 8.11. The summed E-state index contributed by atoms with van der Waals surface area (Å²) in [4.78, 5) is 13.9. The molecule has 0 spiro atoms. The van der Waals surface area contributed by atoms with E-state index in [1.54, 1.807) is 19.1 Å².